The van der Waals surface area contributed by atoms with E-state index in [0.29, 0.717) is 27.4 Å². The number of aryl methyl sites for hydroxylation is 1. The number of halogens is 1. The van der Waals surface area contributed by atoms with Crippen molar-refractivity contribution in [2.75, 3.05) is 11.9 Å². The molecule has 0 heterocycles. The standard InChI is InChI=1S/C24H21ClN2O3/c1-16-6-5-9-18(14-16)24(30)26-13-12-22(28)27-21-11-10-19(25)15-20(21)23(29)17-7-3-2-4-8-17/h2-11,14-15H,12-13H2,1H3,(H,26,30)(H,27,28). The molecule has 3 aromatic rings. The van der Waals surface area contributed by atoms with Gasteiger partial charge in [-0.25, -0.2) is 0 Å². The fraction of sp³-hybridized carbons (Fsp3) is 0.125. The summed E-state index contributed by atoms with van der Waals surface area (Å²) in [4.78, 5) is 37.4. The lowest BCUT2D eigenvalue weighted by atomic mass is 10.0. The van der Waals surface area contributed by atoms with Crippen molar-refractivity contribution in [2.45, 2.75) is 13.3 Å². The van der Waals surface area contributed by atoms with Gasteiger partial charge in [-0.15, -0.1) is 0 Å². The summed E-state index contributed by atoms with van der Waals surface area (Å²) in [6, 6.07) is 20.7. The number of rotatable bonds is 7. The van der Waals surface area contributed by atoms with Crippen LogP contribution in [0.4, 0.5) is 5.69 Å². The molecule has 0 aliphatic carbocycles. The zero-order chi connectivity index (χ0) is 21.5. The minimum atomic E-state index is -0.316. The third-order valence-electron chi connectivity index (χ3n) is 4.45. The van der Waals surface area contributed by atoms with E-state index in [2.05, 4.69) is 10.6 Å². The summed E-state index contributed by atoms with van der Waals surface area (Å²) in [5, 5.41) is 5.87. The number of anilines is 1. The van der Waals surface area contributed by atoms with Crippen LogP contribution in [0, 0.1) is 6.92 Å². The second-order valence-electron chi connectivity index (χ2n) is 6.81. The SMILES string of the molecule is Cc1cccc(C(=O)NCCC(=O)Nc2ccc(Cl)cc2C(=O)c2ccccc2)c1. The fourth-order valence-electron chi connectivity index (χ4n) is 2.95. The monoisotopic (exact) mass is 420 g/mol. The summed E-state index contributed by atoms with van der Waals surface area (Å²) in [7, 11) is 0. The van der Waals surface area contributed by atoms with E-state index < -0.39 is 0 Å². The predicted molar refractivity (Wildman–Crippen MR) is 118 cm³/mol. The molecule has 0 spiro atoms. The molecule has 0 unspecified atom stereocenters. The topological polar surface area (TPSA) is 75.3 Å². The molecule has 0 aliphatic rings. The second-order valence-corrected chi connectivity index (χ2v) is 7.25. The number of ketones is 1. The summed E-state index contributed by atoms with van der Waals surface area (Å²) in [6.45, 7) is 2.08. The number of carbonyl (C=O) groups excluding carboxylic acids is 3. The lowest BCUT2D eigenvalue weighted by Gasteiger charge is -2.12. The molecule has 0 bridgehead atoms. The van der Waals surface area contributed by atoms with Crippen LogP contribution < -0.4 is 10.6 Å². The third kappa shape index (κ3) is 5.55. The molecular formula is C24H21ClN2O3. The number of hydrogen-bond acceptors (Lipinski definition) is 3. The maximum atomic E-state index is 12.8. The number of hydrogen-bond donors (Lipinski definition) is 2. The van der Waals surface area contributed by atoms with Crippen LogP contribution in [0.3, 0.4) is 0 Å². The van der Waals surface area contributed by atoms with Crippen molar-refractivity contribution in [1.82, 2.24) is 5.32 Å². The lowest BCUT2D eigenvalue weighted by Crippen LogP contribution is -2.28. The Labute approximate surface area is 180 Å². The quantitative estimate of drug-likeness (QED) is 0.547. The highest BCUT2D eigenvalue weighted by atomic mass is 35.5. The van der Waals surface area contributed by atoms with E-state index in [1.54, 1.807) is 48.5 Å². The van der Waals surface area contributed by atoms with E-state index in [4.69, 9.17) is 11.6 Å². The molecule has 2 N–H and O–H groups in total. The first-order chi connectivity index (χ1) is 14.4. The van der Waals surface area contributed by atoms with Gasteiger partial charge in [0.1, 0.15) is 0 Å². The first-order valence-electron chi connectivity index (χ1n) is 9.48. The van der Waals surface area contributed by atoms with Gasteiger partial charge in [0.25, 0.3) is 5.91 Å². The molecule has 5 nitrogen and oxygen atoms in total. The van der Waals surface area contributed by atoms with Crippen molar-refractivity contribution in [3.63, 3.8) is 0 Å². The summed E-state index contributed by atoms with van der Waals surface area (Å²) in [5.74, 6) is -0.789. The molecule has 0 aliphatic heterocycles. The molecule has 0 radical (unpaired) electrons. The van der Waals surface area contributed by atoms with Crippen LogP contribution in [0.1, 0.15) is 38.3 Å². The summed E-state index contributed by atoms with van der Waals surface area (Å²) >= 11 is 6.06. The molecule has 3 aromatic carbocycles. The van der Waals surface area contributed by atoms with Gasteiger partial charge in [0, 0.05) is 34.7 Å². The molecule has 0 aromatic heterocycles. The lowest BCUT2D eigenvalue weighted by molar-refractivity contribution is -0.116. The van der Waals surface area contributed by atoms with Gasteiger partial charge in [-0.1, -0.05) is 59.6 Å². The first kappa shape index (κ1) is 21.3. The maximum absolute atomic E-state index is 12.8. The largest absolute Gasteiger partial charge is 0.352 e. The highest BCUT2D eigenvalue weighted by Crippen LogP contribution is 2.24. The molecule has 3 rings (SSSR count). The molecule has 0 saturated heterocycles. The van der Waals surface area contributed by atoms with Crippen molar-refractivity contribution in [3.8, 4) is 0 Å². The van der Waals surface area contributed by atoms with E-state index in [0.717, 1.165) is 5.56 Å². The van der Waals surface area contributed by atoms with Crippen molar-refractivity contribution in [3.05, 3.63) is 100 Å². The summed E-state index contributed by atoms with van der Waals surface area (Å²) < 4.78 is 0. The zero-order valence-corrected chi connectivity index (χ0v) is 17.2. The van der Waals surface area contributed by atoms with Crippen molar-refractivity contribution < 1.29 is 14.4 Å². The predicted octanol–water partition coefficient (Wildman–Crippen LogP) is 4.64. The van der Waals surface area contributed by atoms with Gasteiger partial charge in [0.15, 0.2) is 5.78 Å². The van der Waals surface area contributed by atoms with E-state index in [1.165, 1.54) is 6.07 Å². The maximum Gasteiger partial charge on any atom is 0.251 e. The molecule has 0 atom stereocenters. The Morgan fingerprint density at radius 1 is 0.867 bits per heavy atom. The van der Waals surface area contributed by atoms with E-state index >= 15 is 0 Å². The molecule has 0 fully saturated rings. The van der Waals surface area contributed by atoms with Gasteiger partial charge in [-0.05, 0) is 37.3 Å². The van der Waals surface area contributed by atoms with Gasteiger partial charge in [0.05, 0.1) is 5.69 Å². The highest BCUT2D eigenvalue weighted by Gasteiger charge is 2.16. The first-order valence-corrected chi connectivity index (χ1v) is 9.86. The van der Waals surface area contributed by atoms with Crippen molar-refractivity contribution in [2.24, 2.45) is 0 Å². The molecule has 0 saturated carbocycles. The van der Waals surface area contributed by atoms with E-state index in [9.17, 15) is 14.4 Å². The van der Waals surface area contributed by atoms with Crippen LogP contribution in [0.25, 0.3) is 0 Å². The highest BCUT2D eigenvalue weighted by molar-refractivity contribution is 6.31. The molecule has 30 heavy (non-hydrogen) atoms. The Balaban J connectivity index is 1.63. The van der Waals surface area contributed by atoms with Crippen molar-refractivity contribution in [1.29, 1.82) is 0 Å². The van der Waals surface area contributed by atoms with Crippen LogP contribution in [0.2, 0.25) is 5.02 Å². The smallest absolute Gasteiger partial charge is 0.251 e. The van der Waals surface area contributed by atoms with Crippen LogP contribution >= 0.6 is 11.6 Å². The van der Waals surface area contributed by atoms with Gasteiger partial charge in [-0.3, -0.25) is 14.4 Å². The van der Waals surface area contributed by atoms with Gasteiger partial charge in [0.2, 0.25) is 5.91 Å². The fourth-order valence-corrected chi connectivity index (χ4v) is 3.12. The van der Waals surface area contributed by atoms with Crippen molar-refractivity contribution >= 4 is 34.9 Å². The second kappa shape index (κ2) is 9.85. The Hall–Kier alpha value is -3.44. The summed E-state index contributed by atoms with van der Waals surface area (Å²) in [6.07, 6.45) is 0.0686. The molecule has 6 heteroatoms. The Morgan fingerprint density at radius 2 is 1.60 bits per heavy atom. The van der Waals surface area contributed by atoms with Crippen LogP contribution in [-0.2, 0) is 4.79 Å². The normalized spacial score (nSPS) is 10.3. The van der Waals surface area contributed by atoms with E-state index in [-0.39, 0.29) is 30.6 Å². The van der Waals surface area contributed by atoms with Gasteiger partial charge in [-0.2, -0.15) is 0 Å². The molecule has 2 amide bonds. The van der Waals surface area contributed by atoms with Gasteiger partial charge >= 0.3 is 0 Å². The molecular weight excluding hydrogens is 400 g/mol. The molecule has 152 valence electrons. The third-order valence-corrected chi connectivity index (χ3v) is 4.69. The number of nitrogens with one attached hydrogen (secondary N) is 2. The van der Waals surface area contributed by atoms with Crippen LogP contribution in [0.15, 0.2) is 72.8 Å². The Bertz CT molecular complexity index is 1080. The Morgan fingerprint density at radius 3 is 2.33 bits per heavy atom. The zero-order valence-electron chi connectivity index (χ0n) is 16.4. The Kier molecular flexibility index (Phi) is 6.99. The average molecular weight is 421 g/mol. The van der Waals surface area contributed by atoms with Gasteiger partial charge < -0.3 is 10.6 Å². The van der Waals surface area contributed by atoms with E-state index in [1.807, 2.05) is 25.1 Å². The number of carbonyl (C=O) groups is 3. The number of amides is 2. The van der Waals surface area contributed by atoms with Crippen LogP contribution in [-0.4, -0.2) is 24.1 Å². The average Bonchev–Trinajstić information content (AvgIpc) is 2.75. The minimum Gasteiger partial charge on any atom is -0.352 e. The minimum absolute atomic E-state index is 0.0686. The van der Waals surface area contributed by atoms with Crippen LogP contribution in [0.5, 0.6) is 0 Å². The number of benzene rings is 3. The summed E-state index contributed by atoms with van der Waals surface area (Å²) in [5.41, 5.74) is 2.72.